The predicted octanol–water partition coefficient (Wildman–Crippen LogP) is 3.05. The van der Waals surface area contributed by atoms with E-state index in [1.54, 1.807) is 0 Å². The highest BCUT2D eigenvalue weighted by molar-refractivity contribution is 5.47. The summed E-state index contributed by atoms with van der Waals surface area (Å²) < 4.78 is 0. The van der Waals surface area contributed by atoms with Gasteiger partial charge in [-0.3, -0.25) is 4.98 Å². The maximum absolute atomic E-state index is 4.40. The van der Waals surface area contributed by atoms with Crippen LogP contribution in [0.4, 0.5) is 5.69 Å². The van der Waals surface area contributed by atoms with Crippen LogP contribution >= 0.6 is 0 Å². The maximum atomic E-state index is 4.40. The minimum atomic E-state index is 0.518. The van der Waals surface area contributed by atoms with Crippen LogP contribution < -0.4 is 4.90 Å². The monoisotopic (exact) mass is 204 g/mol. The van der Waals surface area contributed by atoms with E-state index in [1.807, 2.05) is 6.20 Å². The van der Waals surface area contributed by atoms with Crippen LogP contribution in [0.3, 0.4) is 0 Å². The van der Waals surface area contributed by atoms with Gasteiger partial charge in [-0.05, 0) is 30.4 Å². The second-order valence-electron chi connectivity index (χ2n) is 4.93. The van der Waals surface area contributed by atoms with Crippen LogP contribution in [0.25, 0.3) is 0 Å². The largest absolute Gasteiger partial charge is 0.371 e. The molecule has 0 spiro atoms. The third-order valence-corrected chi connectivity index (χ3v) is 3.15. The van der Waals surface area contributed by atoms with Crippen molar-refractivity contribution in [2.45, 2.75) is 33.1 Å². The molecule has 1 aromatic rings. The Labute approximate surface area is 92.3 Å². The van der Waals surface area contributed by atoms with Gasteiger partial charge in [0.2, 0.25) is 0 Å². The normalized spacial score (nSPS) is 21.3. The van der Waals surface area contributed by atoms with Crippen molar-refractivity contribution >= 4 is 5.69 Å². The molecule has 1 aromatic heterocycles. The Morgan fingerprint density at radius 2 is 2.27 bits per heavy atom. The van der Waals surface area contributed by atoms with E-state index in [1.165, 1.54) is 30.9 Å². The number of anilines is 1. The lowest BCUT2D eigenvalue weighted by Crippen LogP contribution is -2.19. The van der Waals surface area contributed by atoms with Gasteiger partial charge >= 0.3 is 0 Å². The van der Waals surface area contributed by atoms with E-state index in [0.29, 0.717) is 5.92 Å². The molecule has 1 saturated heterocycles. The topological polar surface area (TPSA) is 16.1 Å². The fourth-order valence-corrected chi connectivity index (χ4v) is 2.12. The zero-order valence-electron chi connectivity index (χ0n) is 9.90. The second kappa shape index (κ2) is 4.21. The molecule has 0 aromatic carbocycles. The van der Waals surface area contributed by atoms with Crippen LogP contribution in [0.2, 0.25) is 0 Å². The van der Waals surface area contributed by atoms with Gasteiger partial charge in [0, 0.05) is 30.7 Å². The molecule has 1 aliphatic rings. The fourth-order valence-electron chi connectivity index (χ4n) is 2.12. The van der Waals surface area contributed by atoms with E-state index in [-0.39, 0.29) is 0 Å². The van der Waals surface area contributed by atoms with Gasteiger partial charge in [-0.15, -0.1) is 0 Å². The minimum Gasteiger partial charge on any atom is -0.371 e. The fraction of sp³-hybridized carbons (Fsp3) is 0.615. The molecular weight excluding hydrogens is 184 g/mol. The van der Waals surface area contributed by atoms with E-state index in [4.69, 9.17) is 0 Å². The predicted molar refractivity (Wildman–Crippen MR) is 64.3 cm³/mol. The summed E-state index contributed by atoms with van der Waals surface area (Å²) in [5, 5.41) is 0. The molecule has 0 amide bonds. The van der Waals surface area contributed by atoms with Crippen molar-refractivity contribution in [3.63, 3.8) is 0 Å². The smallest absolute Gasteiger partial charge is 0.0449 e. The van der Waals surface area contributed by atoms with Crippen LogP contribution in [-0.2, 0) is 0 Å². The quantitative estimate of drug-likeness (QED) is 0.736. The van der Waals surface area contributed by atoms with Gasteiger partial charge in [-0.1, -0.05) is 20.8 Å². The summed E-state index contributed by atoms with van der Waals surface area (Å²) in [7, 11) is 0. The average molecular weight is 204 g/mol. The Morgan fingerprint density at radius 3 is 2.87 bits per heavy atom. The molecule has 2 heterocycles. The van der Waals surface area contributed by atoms with E-state index in [2.05, 4.69) is 42.8 Å². The zero-order valence-corrected chi connectivity index (χ0v) is 9.90. The van der Waals surface area contributed by atoms with E-state index < -0.39 is 0 Å². The number of hydrogen-bond donors (Lipinski definition) is 0. The summed E-state index contributed by atoms with van der Waals surface area (Å²) >= 11 is 0. The molecule has 1 aliphatic heterocycles. The third-order valence-electron chi connectivity index (χ3n) is 3.15. The minimum absolute atomic E-state index is 0.518. The number of rotatable bonds is 2. The molecule has 0 bridgehead atoms. The maximum Gasteiger partial charge on any atom is 0.0449 e. The molecule has 15 heavy (non-hydrogen) atoms. The van der Waals surface area contributed by atoms with Gasteiger partial charge in [0.1, 0.15) is 0 Å². The summed E-state index contributed by atoms with van der Waals surface area (Å²) in [5.74, 6) is 1.35. The van der Waals surface area contributed by atoms with Crippen LogP contribution in [0.5, 0.6) is 0 Å². The molecule has 0 N–H and O–H groups in total. The van der Waals surface area contributed by atoms with Crippen molar-refractivity contribution in [2.75, 3.05) is 18.0 Å². The van der Waals surface area contributed by atoms with Gasteiger partial charge < -0.3 is 4.90 Å². The number of aromatic nitrogens is 1. The van der Waals surface area contributed by atoms with Gasteiger partial charge in [0.15, 0.2) is 0 Å². The van der Waals surface area contributed by atoms with Crippen LogP contribution in [0.1, 0.15) is 38.8 Å². The Balaban J connectivity index is 2.18. The molecule has 0 saturated carbocycles. The molecule has 1 fully saturated rings. The lowest BCUT2D eigenvalue weighted by atomic mass is 10.1. The lowest BCUT2D eigenvalue weighted by Gasteiger charge is -2.19. The molecule has 2 heteroatoms. The third kappa shape index (κ3) is 2.31. The Morgan fingerprint density at radius 1 is 1.47 bits per heavy atom. The first-order valence-corrected chi connectivity index (χ1v) is 5.87. The van der Waals surface area contributed by atoms with Gasteiger partial charge in [-0.25, -0.2) is 0 Å². The van der Waals surface area contributed by atoms with E-state index in [0.717, 1.165) is 5.92 Å². The first-order chi connectivity index (χ1) is 7.16. The number of hydrogen-bond acceptors (Lipinski definition) is 2. The molecule has 0 radical (unpaired) electrons. The molecule has 0 aliphatic carbocycles. The summed E-state index contributed by atoms with van der Waals surface area (Å²) in [6.45, 7) is 9.10. The van der Waals surface area contributed by atoms with Crippen molar-refractivity contribution in [2.24, 2.45) is 5.92 Å². The highest BCUT2D eigenvalue weighted by atomic mass is 15.1. The van der Waals surface area contributed by atoms with Crippen LogP contribution in [0, 0.1) is 5.92 Å². The van der Waals surface area contributed by atoms with Crippen molar-refractivity contribution < 1.29 is 0 Å². The summed E-state index contributed by atoms with van der Waals surface area (Å²) in [5.41, 5.74) is 2.55. The SMILES string of the molecule is CC1CCN(c2ccnc(C(C)C)c2)C1. The number of nitrogens with zero attached hydrogens (tertiary/aromatic N) is 2. The van der Waals surface area contributed by atoms with Crippen LogP contribution in [0.15, 0.2) is 18.3 Å². The molecule has 1 atom stereocenters. The Kier molecular flexibility index (Phi) is 2.94. The Bertz CT molecular complexity index is 333. The highest BCUT2D eigenvalue weighted by Crippen LogP contribution is 2.25. The summed E-state index contributed by atoms with van der Waals surface area (Å²) in [6.07, 6.45) is 3.26. The first kappa shape index (κ1) is 10.5. The van der Waals surface area contributed by atoms with Gasteiger partial charge in [0.25, 0.3) is 0 Å². The first-order valence-electron chi connectivity index (χ1n) is 5.87. The van der Waals surface area contributed by atoms with Crippen molar-refractivity contribution in [1.29, 1.82) is 0 Å². The van der Waals surface area contributed by atoms with Crippen molar-refractivity contribution in [3.05, 3.63) is 24.0 Å². The second-order valence-corrected chi connectivity index (χ2v) is 4.93. The van der Waals surface area contributed by atoms with E-state index in [9.17, 15) is 0 Å². The molecule has 82 valence electrons. The average Bonchev–Trinajstić information content (AvgIpc) is 2.65. The van der Waals surface area contributed by atoms with E-state index >= 15 is 0 Å². The van der Waals surface area contributed by atoms with Crippen LogP contribution in [-0.4, -0.2) is 18.1 Å². The molecule has 1 unspecified atom stereocenters. The molecular formula is C13H20N2. The summed E-state index contributed by atoms with van der Waals surface area (Å²) in [4.78, 5) is 6.87. The number of pyridine rings is 1. The lowest BCUT2D eigenvalue weighted by molar-refractivity contribution is 0.659. The standard InChI is InChI=1S/C13H20N2/c1-10(2)13-8-12(4-6-14-13)15-7-5-11(3)9-15/h4,6,8,10-11H,5,7,9H2,1-3H3. The Hall–Kier alpha value is -1.05. The van der Waals surface area contributed by atoms with Gasteiger partial charge in [-0.2, -0.15) is 0 Å². The molecule has 2 rings (SSSR count). The van der Waals surface area contributed by atoms with Crippen molar-refractivity contribution in [1.82, 2.24) is 4.98 Å². The zero-order chi connectivity index (χ0) is 10.8. The van der Waals surface area contributed by atoms with Gasteiger partial charge in [0.05, 0.1) is 0 Å². The summed E-state index contributed by atoms with van der Waals surface area (Å²) in [6, 6.07) is 4.37. The molecule has 2 nitrogen and oxygen atoms in total. The van der Waals surface area contributed by atoms with Crippen molar-refractivity contribution in [3.8, 4) is 0 Å². The highest BCUT2D eigenvalue weighted by Gasteiger charge is 2.19.